The fraction of sp³-hybridized carbons (Fsp3) is 0.600. The number of nitrogens with zero attached hydrogens (tertiary/aromatic N) is 1. The van der Waals surface area contributed by atoms with Crippen molar-refractivity contribution in [2.24, 2.45) is 5.41 Å². The lowest BCUT2D eigenvalue weighted by atomic mass is 9.83. The van der Waals surface area contributed by atoms with Crippen LogP contribution >= 0.6 is 22.6 Å². The highest BCUT2D eigenvalue weighted by Gasteiger charge is 2.25. The Bertz CT molecular complexity index is 469. The van der Waals surface area contributed by atoms with E-state index in [1.165, 1.54) is 5.56 Å². The van der Waals surface area contributed by atoms with E-state index in [1.807, 2.05) is 6.07 Å². The van der Waals surface area contributed by atoms with Crippen LogP contribution < -0.4 is 5.32 Å². The van der Waals surface area contributed by atoms with Gasteiger partial charge in [-0.1, -0.05) is 33.8 Å². The van der Waals surface area contributed by atoms with Crippen LogP contribution in [0.1, 0.15) is 39.7 Å². The maximum atomic E-state index is 10.8. The highest BCUT2D eigenvalue weighted by atomic mass is 127. The van der Waals surface area contributed by atoms with E-state index in [-0.39, 0.29) is 16.0 Å². The second-order valence-electron chi connectivity index (χ2n) is 6.11. The molecule has 0 aromatic heterocycles. The summed E-state index contributed by atoms with van der Waals surface area (Å²) in [4.78, 5) is 10.4. The zero-order valence-corrected chi connectivity index (χ0v) is 14.7. The van der Waals surface area contributed by atoms with Gasteiger partial charge in [0.2, 0.25) is 0 Å². The summed E-state index contributed by atoms with van der Waals surface area (Å²) in [6, 6.07) is 5.48. The fourth-order valence-corrected chi connectivity index (χ4v) is 2.76. The van der Waals surface area contributed by atoms with Gasteiger partial charge in [-0.05, 0) is 53.0 Å². The maximum Gasteiger partial charge on any atom is 0.270 e. The van der Waals surface area contributed by atoms with Crippen LogP contribution in [0.4, 0.5) is 5.69 Å². The molecule has 0 heterocycles. The number of nitro benzene ring substituents is 1. The number of benzene rings is 1. The number of hydrogen-bond acceptors (Lipinski definition) is 3. The summed E-state index contributed by atoms with van der Waals surface area (Å²) in [5.74, 6) is 0. The zero-order chi connectivity index (χ0) is 15.3. The first-order chi connectivity index (χ1) is 9.25. The Morgan fingerprint density at radius 2 is 2.05 bits per heavy atom. The standard InChI is InChI=1S/C15H23IN2O2/c1-5-8-17-14(15(2,3)4)9-11-6-7-12(18(19)20)10-13(11)16/h6-7,10,14,17H,5,8-9H2,1-4H3. The van der Waals surface area contributed by atoms with Gasteiger partial charge in [-0.2, -0.15) is 0 Å². The molecule has 0 aliphatic rings. The molecule has 0 aliphatic carbocycles. The van der Waals surface area contributed by atoms with Crippen LogP contribution in [0.5, 0.6) is 0 Å². The topological polar surface area (TPSA) is 55.2 Å². The monoisotopic (exact) mass is 390 g/mol. The van der Waals surface area contributed by atoms with Crippen molar-refractivity contribution in [2.75, 3.05) is 6.54 Å². The SMILES string of the molecule is CCCNC(Cc1ccc([N+](=O)[O-])cc1I)C(C)(C)C. The third kappa shape index (κ3) is 5.01. The average molecular weight is 390 g/mol. The van der Waals surface area contributed by atoms with Crippen LogP contribution in [0.3, 0.4) is 0 Å². The summed E-state index contributed by atoms with van der Waals surface area (Å²) in [6.07, 6.45) is 1.99. The van der Waals surface area contributed by atoms with Gasteiger partial charge in [0.25, 0.3) is 5.69 Å². The first kappa shape index (κ1) is 17.4. The molecule has 20 heavy (non-hydrogen) atoms. The Morgan fingerprint density at radius 3 is 2.50 bits per heavy atom. The van der Waals surface area contributed by atoms with E-state index >= 15 is 0 Å². The predicted molar refractivity (Wildman–Crippen MR) is 91.1 cm³/mol. The van der Waals surface area contributed by atoms with E-state index in [0.717, 1.165) is 23.0 Å². The first-order valence-electron chi connectivity index (χ1n) is 6.92. The molecule has 1 aromatic carbocycles. The van der Waals surface area contributed by atoms with Gasteiger partial charge in [-0.25, -0.2) is 0 Å². The number of nitrogens with one attached hydrogen (secondary N) is 1. The van der Waals surface area contributed by atoms with Gasteiger partial charge < -0.3 is 5.32 Å². The van der Waals surface area contributed by atoms with Crippen molar-refractivity contribution < 1.29 is 4.92 Å². The van der Waals surface area contributed by atoms with Crippen LogP contribution in [0, 0.1) is 19.1 Å². The van der Waals surface area contributed by atoms with E-state index in [1.54, 1.807) is 12.1 Å². The van der Waals surface area contributed by atoms with Crippen LogP contribution in [-0.4, -0.2) is 17.5 Å². The summed E-state index contributed by atoms with van der Waals surface area (Å²) in [7, 11) is 0. The Labute approximate surface area is 134 Å². The van der Waals surface area contributed by atoms with Crippen LogP contribution in [-0.2, 0) is 6.42 Å². The lowest BCUT2D eigenvalue weighted by Crippen LogP contribution is -2.42. The first-order valence-corrected chi connectivity index (χ1v) is 7.99. The number of nitro groups is 1. The Balaban J connectivity index is 2.91. The van der Waals surface area contributed by atoms with Crippen molar-refractivity contribution in [2.45, 2.75) is 46.6 Å². The lowest BCUT2D eigenvalue weighted by molar-refractivity contribution is -0.385. The molecular weight excluding hydrogens is 367 g/mol. The molecule has 0 bridgehead atoms. The molecule has 0 fully saturated rings. The van der Waals surface area contributed by atoms with Gasteiger partial charge in [0.15, 0.2) is 0 Å². The number of hydrogen-bond donors (Lipinski definition) is 1. The van der Waals surface area contributed by atoms with Crippen LogP contribution in [0.2, 0.25) is 0 Å². The minimum atomic E-state index is -0.345. The molecule has 5 heteroatoms. The molecule has 1 N–H and O–H groups in total. The molecule has 0 saturated heterocycles. The van der Waals surface area contributed by atoms with Crippen molar-refractivity contribution in [1.82, 2.24) is 5.32 Å². The molecule has 0 aliphatic heterocycles. The fourth-order valence-electron chi connectivity index (χ4n) is 2.04. The molecular formula is C15H23IN2O2. The second-order valence-corrected chi connectivity index (χ2v) is 7.27. The van der Waals surface area contributed by atoms with Gasteiger partial charge in [0.05, 0.1) is 4.92 Å². The molecule has 0 radical (unpaired) electrons. The summed E-state index contributed by atoms with van der Waals surface area (Å²) in [5.41, 5.74) is 1.48. The summed E-state index contributed by atoms with van der Waals surface area (Å²) in [6.45, 7) is 9.81. The summed E-state index contributed by atoms with van der Waals surface area (Å²) < 4.78 is 0.962. The molecule has 1 aromatic rings. The predicted octanol–water partition coefficient (Wildman–Crippen LogP) is 4.16. The van der Waals surface area contributed by atoms with Crippen molar-refractivity contribution in [3.63, 3.8) is 0 Å². The Hall–Kier alpha value is -0.690. The van der Waals surface area contributed by atoms with Crippen LogP contribution in [0.25, 0.3) is 0 Å². The minimum Gasteiger partial charge on any atom is -0.313 e. The normalized spacial score (nSPS) is 13.2. The Morgan fingerprint density at radius 1 is 1.40 bits per heavy atom. The molecule has 0 saturated carbocycles. The van der Waals surface area contributed by atoms with Crippen molar-refractivity contribution in [3.05, 3.63) is 37.4 Å². The van der Waals surface area contributed by atoms with Gasteiger partial charge in [0, 0.05) is 21.7 Å². The molecule has 112 valence electrons. The smallest absolute Gasteiger partial charge is 0.270 e. The molecule has 0 amide bonds. The van der Waals surface area contributed by atoms with Gasteiger partial charge >= 0.3 is 0 Å². The van der Waals surface area contributed by atoms with Crippen molar-refractivity contribution >= 4 is 28.3 Å². The molecule has 1 unspecified atom stereocenters. The van der Waals surface area contributed by atoms with Crippen molar-refractivity contribution in [3.8, 4) is 0 Å². The number of halogens is 1. The highest BCUT2D eigenvalue weighted by Crippen LogP contribution is 2.26. The third-order valence-corrected chi connectivity index (χ3v) is 4.36. The van der Waals surface area contributed by atoms with E-state index in [4.69, 9.17) is 0 Å². The zero-order valence-electron chi connectivity index (χ0n) is 12.6. The second kappa shape index (κ2) is 7.36. The minimum absolute atomic E-state index is 0.153. The van der Waals surface area contributed by atoms with E-state index in [2.05, 4.69) is 55.6 Å². The third-order valence-electron chi connectivity index (χ3n) is 3.36. The largest absolute Gasteiger partial charge is 0.313 e. The van der Waals surface area contributed by atoms with Crippen molar-refractivity contribution in [1.29, 1.82) is 0 Å². The number of non-ortho nitro benzene ring substituents is 1. The molecule has 4 nitrogen and oxygen atoms in total. The molecule has 1 rings (SSSR count). The average Bonchev–Trinajstić information content (AvgIpc) is 2.34. The van der Waals surface area contributed by atoms with E-state index < -0.39 is 0 Å². The molecule has 0 spiro atoms. The summed E-state index contributed by atoms with van der Waals surface area (Å²) in [5, 5.41) is 14.4. The van der Waals surface area contributed by atoms with E-state index in [0.29, 0.717) is 6.04 Å². The maximum absolute atomic E-state index is 10.8. The van der Waals surface area contributed by atoms with Gasteiger partial charge in [-0.15, -0.1) is 0 Å². The van der Waals surface area contributed by atoms with Gasteiger partial charge in [0.1, 0.15) is 0 Å². The number of rotatable bonds is 6. The van der Waals surface area contributed by atoms with Crippen LogP contribution in [0.15, 0.2) is 18.2 Å². The van der Waals surface area contributed by atoms with E-state index in [9.17, 15) is 10.1 Å². The quantitative estimate of drug-likeness (QED) is 0.451. The lowest BCUT2D eigenvalue weighted by Gasteiger charge is -2.32. The Kier molecular flexibility index (Phi) is 6.39. The molecule has 1 atom stereocenters. The highest BCUT2D eigenvalue weighted by molar-refractivity contribution is 14.1. The summed E-state index contributed by atoms with van der Waals surface area (Å²) >= 11 is 2.19. The van der Waals surface area contributed by atoms with Gasteiger partial charge in [-0.3, -0.25) is 10.1 Å².